The van der Waals surface area contributed by atoms with E-state index in [1.54, 1.807) is 46.6 Å². The molecule has 1 N–H and O–H groups in total. The molecule has 1 amide bonds. The number of hydrogen-bond acceptors (Lipinski definition) is 8. The van der Waals surface area contributed by atoms with Crippen LogP contribution >= 0.6 is 0 Å². The second-order valence-electron chi connectivity index (χ2n) is 9.60. The zero-order valence-electron chi connectivity index (χ0n) is 23.5. The van der Waals surface area contributed by atoms with Crippen LogP contribution in [0.5, 0.6) is 23.0 Å². The van der Waals surface area contributed by atoms with Crippen LogP contribution in [0.15, 0.2) is 36.4 Å². The summed E-state index contributed by atoms with van der Waals surface area (Å²) >= 11 is 0. The number of methoxy groups -OCH3 is 4. The lowest BCUT2D eigenvalue weighted by Gasteiger charge is -2.31. The maximum Gasteiger partial charge on any atom is 0.254 e. The molecule has 0 aromatic heterocycles. The van der Waals surface area contributed by atoms with Gasteiger partial charge in [0.1, 0.15) is 11.5 Å². The molecule has 1 fully saturated rings. The van der Waals surface area contributed by atoms with E-state index in [-0.39, 0.29) is 24.0 Å². The monoisotopic (exact) mass is 530 g/mol. The van der Waals surface area contributed by atoms with Crippen molar-refractivity contribution in [2.24, 2.45) is 5.92 Å². The second kappa shape index (κ2) is 14.8. The number of nitrogens with one attached hydrogen (secondary N) is 1. The summed E-state index contributed by atoms with van der Waals surface area (Å²) in [6.07, 6.45) is 0.714. The minimum absolute atomic E-state index is 0.0135. The summed E-state index contributed by atoms with van der Waals surface area (Å²) in [6, 6.07) is 11.1. The lowest BCUT2D eigenvalue weighted by Crippen LogP contribution is -2.43. The number of amides is 1. The van der Waals surface area contributed by atoms with Gasteiger partial charge in [0.2, 0.25) is 0 Å². The van der Waals surface area contributed by atoms with Gasteiger partial charge in [0.25, 0.3) is 5.91 Å². The van der Waals surface area contributed by atoms with Crippen LogP contribution in [0.1, 0.15) is 36.2 Å². The summed E-state index contributed by atoms with van der Waals surface area (Å²) in [5.41, 5.74) is 1.54. The van der Waals surface area contributed by atoms with E-state index in [4.69, 9.17) is 28.4 Å². The smallest absolute Gasteiger partial charge is 0.254 e. The van der Waals surface area contributed by atoms with E-state index in [9.17, 15) is 4.79 Å². The van der Waals surface area contributed by atoms with Gasteiger partial charge in [-0.25, -0.2) is 0 Å². The van der Waals surface area contributed by atoms with Crippen LogP contribution in [0.4, 0.5) is 0 Å². The van der Waals surface area contributed by atoms with Crippen LogP contribution in [0.25, 0.3) is 0 Å². The van der Waals surface area contributed by atoms with Crippen LogP contribution in [-0.4, -0.2) is 84.2 Å². The first kappa shape index (κ1) is 29.5. The predicted molar refractivity (Wildman–Crippen MR) is 146 cm³/mol. The molecular weight excluding hydrogens is 488 g/mol. The van der Waals surface area contributed by atoms with Gasteiger partial charge in [0, 0.05) is 63.4 Å². The molecule has 0 saturated carbocycles. The first-order chi connectivity index (χ1) is 18.4. The Hall–Kier alpha value is -3.01. The first-order valence-corrected chi connectivity index (χ1v) is 13.0. The van der Waals surface area contributed by atoms with Crippen molar-refractivity contribution in [3.8, 4) is 23.0 Å². The Morgan fingerprint density at radius 2 is 1.68 bits per heavy atom. The maximum absolute atomic E-state index is 13.6. The van der Waals surface area contributed by atoms with E-state index in [2.05, 4.69) is 5.32 Å². The molecule has 38 heavy (non-hydrogen) atoms. The lowest BCUT2D eigenvalue weighted by atomic mass is 10.0. The Bertz CT molecular complexity index is 1010. The van der Waals surface area contributed by atoms with E-state index in [1.807, 2.05) is 36.9 Å². The number of carbonyl (C=O) groups is 1. The molecule has 2 aromatic rings. The van der Waals surface area contributed by atoms with Crippen molar-refractivity contribution in [2.75, 3.05) is 61.3 Å². The van der Waals surface area contributed by atoms with Crippen LogP contribution in [0.2, 0.25) is 0 Å². The third-order valence-electron chi connectivity index (χ3n) is 6.63. The average molecular weight is 531 g/mol. The van der Waals surface area contributed by atoms with E-state index >= 15 is 0 Å². The minimum Gasteiger partial charge on any atom is -0.497 e. The molecule has 2 atom stereocenters. The van der Waals surface area contributed by atoms with Crippen LogP contribution < -0.4 is 24.3 Å². The number of rotatable bonds is 15. The summed E-state index contributed by atoms with van der Waals surface area (Å²) in [5, 5.41) is 3.43. The molecule has 0 bridgehead atoms. The molecule has 0 spiro atoms. The Morgan fingerprint density at radius 3 is 2.32 bits per heavy atom. The van der Waals surface area contributed by atoms with Crippen LogP contribution in [-0.2, 0) is 16.1 Å². The van der Waals surface area contributed by atoms with Gasteiger partial charge >= 0.3 is 0 Å². The molecule has 0 radical (unpaired) electrons. The van der Waals surface area contributed by atoms with Crippen molar-refractivity contribution >= 4 is 5.91 Å². The fourth-order valence-electron chi connectivity index (χ4n) is 4.49. The summed E-state index contributed by atoms with van der Waals surface area (Å²) in [4.78, 5) is 15.6. The number of benzene rings is 2. The molecular formula is C29H42N2O7. The van der Waals surface area contributed by atoms with Gasteiger partial charge < -0.3 is 38.6 Å². The standard InChI is InChI=1S/C29H42N2O7/c1-20(2)31(29(32)22-8-9-26(36-6)27(14-22)37-11-7-10-33-3)18-23-16-30-17-28(23)38-19-21-12-24(34-4)15-25(13-21)35-5/h8-9,12-15,20,23,28,30H,7,10-11,16-19H2,1-6H3. The fourth-order valence-corrected chi connectivity index (χ4v) is 4.49. The zero-order valence-corrected chi connectivity index (χ0v) is 23.5. The summed E-state index contributed by atoms with van der Waals surface area (Å²) < 4.78 is 33.5. The highest BCUT2D eigenvalue weighted by atomic mass is 16.5. The van der Waals surface area contributed by atoms with E-state index in [1.165, 1.54) is 0 Å². The molecule has 1 aliphatic heterocycles. The summed E-state index contributed by atoms with van der Waals surface area (Å²) in [6.45, 7) is 7.65. The van der Waals surface area contributed by atoms with Crippen molar-refractivity contribution in [2.45, 2.75) is 39.0 Å². The molecule has 1 heterocycles. The summed E-state index contributed by atoms with van der Waals surface area (Å²) in [5.74, 6) is 2.70. The highest BCUT2D eigenvalue weighted by molar-refractivity contribution is 5.95. The van der Waals surface area contributed by atoms with E-state index < -0.39 is 0 Å². The maximum atomic E-state index is 13.6. The molecule has 1 saturated heterocycles. The molecule has 0 aliphatic carbocycles. The molecule has 3 rings (SSSR count). The van der Waals surface area contributed by atoms with Gasteiger partial charge in [-0.05, 0) is 49.7 Å². The topological polar surface area (TPSA) is 87.7 Å². The normalized spacial score (nSPS) is 16.9. The van der Waals surface area contributed by atoms with Gasteiger partial charge in [0.05, 0.1) is 40.6 Å². The largest absolute Gasteiger partial charge is 0.497 e. The average Bonchev–Trinajstić information content (AvgIpc) is 3.39. The van der Waals surface area contributed by atoms with Gasteiger partial charge in [-0.1, -0.05) is 0 Å². The minimum atomic E-state index is -0.0485. The second-order valence-corrected chi connectivity index (χ2v) is 9.60. The van der Waals surface area contributed by atoms with Crippen molar-refractivity contribution < 1.29 is 33.2 Å². The highest BCUT2D eigenvalue weighted by Gasteiger charge is 2.32. The molecule has 2 aromatic carbocycles. The Morgan fingerprint density at radius 1 is 0.947 bits per heavy atom. The van der Waals surface area contributed by atoms with Gasteiger partial charge in [-0.3, -0.25) is 4.79 Å². The van der Waals surface area contributed by atoms with E-state index in [0.717, 1.165) is 36.6 Å². The van der Waals surface area contributed by atoms with Gasteiger partial charge in [-0.2, -0.15) is 0 Å². The van der Waals surface area contributed by atoms with Crippen molar-refractivity contribution in [3.05, 3.63) is 47.5 Å². The fraction of sp³-hybridized carbons (Fsp3) is 0.552. The molecule has 9 heteroatoms. The quantitative estimate of drug-likeness (QED) is 0.348. The molecule has 1 aliphatic rings. The van der Waals surface area contributed by atoms with E-state index in [0.29, 0.717) is 43.4 Å². The Kier molecular flexibility index (Phi) is 11.5. The predicted octanol–water partition coefficient (Wildman–Crippen LogP) is 3.78. The third kappa shape index (κ3) is 7.99. The van der Waals surface area contributed by atoms with Crippen LogP contribution in [0.3, 0.4) is 0 Å². The van der Waals surface area contributed by atoms with Crippen molar-refractivity contribution in [3.63, 3.8) is 0 Å². The lowest BCUT2D eigenvalue weighted by molar-refractivity contribution is 0.0128. The molecule has 2 unspecified atom stereocenters. The first-order valence-electron chi connectivity index (χ1n) is 13.0. The molecule has 9 nitrogen and oxygen atoms in total. The third-order valence-corrected chi connectivity index (χ3v) is 6.63. The number of ether oxygens (including phenoxy) is 6. The Labute approximate surface area is 226 Å². The highest BCUT2D eigenvalue weighted by Crippen LogP contribution is 2.30. The number of hydrogen-bond donors (Lipinski definition) is 1. The van der Waals surface area contributed by atoms with Gasteiger partial charge in [0.15, 0.2) is 11.5 Å². The van der Waals surface area contributed by atoms with Gasteiger partial charge in [-0.15, -0.1) is 0 Å². The number of nitrogens with zero attached hydrogens (tertiary/aromatic N) is 1. The van der Waals surface area contributed by atoms with Crippen molar-refractivity contribution in [1.82, 2.24) is 10.2 Å². The zero-order chi connectivity index (χ0) is 27.5. The number of carbonyl (C=O) groups excluding carboxylic acids is 1. The van der Waals surface area contributed by atoms with Crippen molar-refractivity contribution in [1.29, 1.82) is 0 Å². The summed E-state index contributed by atoms with van der Waals surface area (Å²) in [7, 11) is 6.51. The molecule has 210 valence electrons. The SMILES string of the molecule is COCCCOc1cc(C(=O)N(CC2CNCC2OCc2cc(OC)cc(OC)c2)C(C)C)ccc1OC. The van der Waals surface area contributed by atoms with Crippen LogP contribution in [0, 0.1) is 5.92 Å². The Balaban J connectivity index is 1.68.